The molecule has 0 spiro atoms. The molecule has 160 valence electrons. The van der Waals surface area contributed by atoms with Crippen molar-refractivity contribution in [3.8, 4) is 0 Å². The largest absolute Gasteiger partial charge is 0.369 e. The summed E-state index contributed by atoms with van der Waals surface area (Å²) in [5.74, 6) is 0.938. The van der Waals surface area contributed by atoms with E-state index in [1.54, 1.807) is 0 Å². The van der Waals surface area contributed by atoms with Crippen LogP contribution >= 0.6 is 0 Å². The van der Waals surface area contributed by atoms with Crippen LogP contribution in [0.5, 0.6) is 0 Å². The van der Waals surface area contributed by atoms with Crippen molar-refractivity contribution in [2.24, 2.45) is 5.92 Å². The SMILES string of the molecule is O=C(CCc1ccccc1)CC1CCCN(Cc2ccc(N3CCNCC3)cc2)C1. The van der Waals surface area contributed by atoms with Crippen molar-refractivity contribution in [2.45, 2.75) is 38.6 Å². The van der Waals surface area contributed by atoms with E-state index in [0.29, 0.717) is 18.1 Å². The molecule has 4 nitrogen and oxygen atoms in total. The molecule has 4 heteroatoms. The Bertz CT molecular complexity index is 784. The number of hydrogen-bond donors (Lipinski definition) is 1. The number of rotatable bonds is 8. The highest BCUT2D eigenvalue weighted by molar-refractivity contribution is 5.78. The fourth-order valence-electron chi connectivity index (χ4n) is 4.81. The highest BCUT2D eigenvalue weighted by Crippen LogP contribution is 2.23. The first-order valence-corrected chi connectivity index (χ1v) is 11.6. The predicted molar refractivity (Wildman–Crippen MR) is 124 cm³/mol. The van der Waals surface area contributed by atoms with E-state index >= 15 is 0 Å². The summed E-state index contributed by atoms with van der Waals surface area (Å²) in [6.45, 7) is 7.51. The van der Waals surface area contributed by atoms with Gasteiger partial charge in [-0.15, -0.1) is 0 Å². The fraction of sp³-hybridized carbons (Fsp3) is 0.500. The minimum Gasteiger partial charge on any atom is -0.369 e. The Morgan fingerprint density at radius 2 is 1.70 bits per heavy atom. The summed E-state index contributed by atoms with van der Waals surface area (Å²) in [6, 6.07) is 19.5. The van der Waals surface area contributed by atoms with E-state index in [2.05, 4.69) is 63.6 Å². The second-order valence-corrected chi connectivity index (χ2v) is 8.88. The number of nitrogens with zero attached hydrogens (tertiary/aromatic N) is 2. The van der Waals surface area contributed by atoms with Crippen LogP contribution in [0.4, 0.5) is 5.69 Å². The fourth-order valence-corrected chi connectivity index (χ4v) is 4.81. The lowest BCUT2D eigenvalue weighted by molar-refractivity contribution is -0.120. The molecule has 2 aliphatic heterocycles. The van der Waals surface area contributed by atoms with Crippen LogP contribution in [0, 0.1) is 5.92 Å². The Hall–Kier alpha value is -2.17. The van der Waals surface area contributed by atoms with Crippen molar-refractivity contribution in [3.05, 3.63) is 65.7 Å². The molecule has 1 unspecified atom stereocenters. The van der Waals surface area contributed by atoms with Crippen LogP contribution in [0.1, 0.15) is 36.8 Å². The molecule has 0 saturated carbocycles. The molecule has 0 aliphatic carbocycles. The molecular formula is C26H35N3O. The van der Waals surface area contributed by atoms with Gasteiger partial charge in [0.25, 0.3) is 0 Å². The zero-order chi connectivity index (χ0) is 20.6. The average molecular weight is 406 g/mol. The number of piperidine rings is 1. The monoisotopic (exact) mass is 405 g/mol. The molecule has 2 saturated heterocycles. The number of benzene rings is 2. The molecule has 30 heavy (non-hydrogen) atoms. The number of carbonyl (C=O) groups excluding carboxylic acids is 1. The van der Waals surface area contributed by atoms with Crippen LogP contribution in [-0.4, -0.2) is 50.0 Å². The third kappa shape index (κ3) is 6.16. The normalized spacial score (nSPS) is 20.3. The summed E-state index contributed by atoms with van der Waals surface area (Å²) >= 11 is 0. The van der Waals surface area contributed by atoms with Crippen LogP contribution < -0.4 is 10.2 Å². The van der Waals surface area contributed by atoms with Crippen molar-refractivity contribution in [1.82, 2.24) is 10.2 Å². The summed E-state index contributed by atoms with van der Waals surface area (Å²) in [5, 5.41) is 3.41. The standard InChI is InChI=1S/C26H35N3O/c30-26(13-10-22-5-2-1-3-6-22)19-24-7-4-16-28(21-24)20-23-8-11-25(12-9-23)29-17-14-27-15-18-29/h1-3,5-6,8-9,11-12,24,27H,4,7,10,13-21H2. The van der Waals surface area contributed by atoms with E-state index in [4.69, 9.17) is 0 Å². The molecule has 2 aromatic carbocycles. The van der Waals surface area contributed by atoms with Gasteiger partial charge in [0.1, 0.15) is 5.78 Å². The van der Waals surface area contributed by atoms with E-state index in [1.807, 2.05) is 6.07 Å². The number of carbonyl (C=O) groups is 1. The van der Waals surface area contributed by atoms with Gasteiger partial charge in [0.15, 0.2) is 0 Å². The third-order valence-corrected chi connectivity index (χ3v) is 6.48. The molecule has 2 heterocycles. The number of likely N-dealkylation sites (tertiary alicyclic amines) is 1. The van der Waals surface area contributed by atoms with Gasteiger partial charge in [-0.3, -0.25) is 9.69 Å². The van der Waals surface area contributed by atoms with E-state index < -0.39 is 0 Å². The quantitative estimate of drug-likeness (QED) is 0.723. The first-order chi connectivity index (χ1) is 14.8. The Labute approximate surface area is 181 Å². The summed E-state index contributed by atoms with van der Waals surface area (Å²) in [5.41, 5.74) is 3.98. The maximum absolute atomic E-state index is 12.5. The summed E-state index contributed by atoms with van der Waals surface area (Å²) in [4.78, 5) is 17.5. The summed E-state index contributed by atoms with van der Waals surface area (Å²) in [7, 11) is 0. The summed E-state index contributed by atoms with van der Waals surface area (Å²) < 4.78 is 0. The van der Waals surface area contributed by atoms with E-state index in [9.17, 15) is 4.79 Å². The molecule has 0 aromatic heterocycles. The maximum atomic E-state index is 12.5. The van der Waals surface area contributed by atoms with Crippen molar-refractivity contribution < 1.29 is 4.79 Å². The zero-order valence-electron chi connectivity index (χ0n) is 18.1. The van der Waals surface area contributed by atoms with Crippen molar-refractivity contribution >= 4 is 11.5 Å². The van der Waals surface area contributed by atoms with Crippen molar-refractivity contribution in [2.75, 3.05) is 44.2 Å². The van der Waals surface area contributed by atoms with Crippen LogP contribution in [0.25, 0.3) is 0 Å². The number of aryl methyl sites for hydroxylation is 1. The minimum absolute atomic E-state index is 0.422. The second kappa shape index (κ2) is 10.7. The number of hydrogen-bond acceptors (Lipinski definition) is 4. The molecule has 1 N–H and O–H groups in total. The van der Waals surface area contributed by atoms with E-state index in [0.717, 1.165) is 58.7 Å². The Morgan fingerprint density at radius 1 is 0.933 bits per heavy atom. The van der Waals surface area contributed by atoms with Crippen LogP contribution in [0.3, 0.4) is 0 Å². The van der Waals surface area contributed by atoms with Crippen molar-refractivity contribution in [3.63, 3.8) is 0 Å². The van der Waals surface area contributed by atoms with Gasteiger partial charge in [-0.2, -0.15) is 0 Å². The molecule has 1 atom stereocenters. The average Bonchev–Trinajstić information content (AvgIpc) is 2.80. The molecule has 0 radical (unpaired) electrons. The van der Waals surface area contributed by atoms with Gasteiger partial charge in [-0.1, -0.05) is 42.5 Å². The molecule has 4 rings (SSSR count). The molecule has 0 amide bonds. The minimum atomic E-state index is 0.422. The van der Waals surface area contributed by atoms with Crippen LogP contribution in [0.15, 0.2) is 54.6 Å². The number of nitrogens with one attached hydrogen (secondary N) is 1. The lowest BCUT2D eigenvalue weighted by Gasteiger charge is -2.33. The lowest BCUT2D eigenvalue weighted by Crippen LogP contribution is -2.43. The lowest BCUT2D eigenvalue weighted by atomic mass is 9.91. The number of anilines is 1. The number of ketones is 1. The first-order valence-electron chi connectivity index (χ1n) is 11.6. The number of piperazine rings is 1. The van der Waals surface area contributed by atoms with Gasteiger partial charge in [0.05, 0.1) is 0 Å². The van der Waals surface area contributed by atoms with Crippen molar-refractivity contribution in [1.29, 1.82) is 0 Å². The van der Waals surface area contributed by atoms with E-state index in [1.165, 1.54) is 29.7 Å². The molecule has 2 aromatic rings. The third-order valence-electron chi connectivity index (χ3n) is 6.48. The number of Topliss-reactive ketones (excluding diaryl/α,β-unsaturated/α-hetero) is 1. The van der Waals surface area contributed by atoms with E-state index in [-0.39, 0.29) is 0 Å². The van der Waals surface area contributed by atoms with Gasteiger partial charge in [0.2, 0.25) is 0 Å². The molecular weight excluding hydrogens is 370 g/mol. The van der Waals surface area contributed by atoms with Gasteiger partial charge in [0, 0.05) is 57.8 Å². The first kappa shape index (κ1) is 21.1. The highest BCUT2D eigenvalue weighted by atomic mass is 16.1. The van der Waals surface area contributed by atoms with Gasteiger partial charge < -0.3 is 10.2 Å². The van der Waals surface area contributed by atoms with Gasteiger partial charge >= 0.3 is 0 Å². The maximum Gasteiger partial charge on any atom is 0.133 e. The predicted octanol–water partition coefficient (Wildman–Crippen LogP) is 3.90. The van der Waals surface area contributed by atoms with Crippen LogP contribution in [-0.2, 0) is 17.8 Å². The molecule has 2 aliphatic rings. The van der Waals surface area contributed by atoms with Gasteiger partial charge in [-0.05, 0) is 55.0 Å². The second-order valence-electron chi connectivity index (χ2n) is 8.88. The Balaban J connectivity index is 1.23. The van der Waals surface area contributed by atoms with Gasteiger partial charge in [-0.25, -0.2) is 0 Å². The molecule has 2 fully saturated rings. The zero-order valence-corrected chi connectivity index (χ0v) is 18.1. The Kier molecular flexibility index (Phi) is 7.54. The summed E-state index contributed by atoms with van der Waals surface area (Å²) in [6.07, 6.45) is 4.68. The molecule has 0 bridgehead atoms. The Morgan fingerprint density at radius 3 is 2.47 bits per heavy atom. The van der Waals surface area contributed by atoms with Crippen LogP contribution in [0.2, 0.25) is 0 Å². The highest BCUT2D eigenvalue weighted by Gasteiger charge is 2.22. The smallest absolute Gasteiger partial charge is 0.133 e. The topological polar surface area (TPSA) is 35.6 Å².